The van der Waals surface area contributed by atoms with E-state index in [4.69, 9.17) is 11.6 Å². The Balaban J connectivity index is 1.56. The van der Waals surface area contributed by atoms with Crippen LogP contribution in [0.3, 0.4) is 0 Å². The van der Waals surface area contributed by atoms with Crippen molar-refractivity contribution < 1.29 is 0 Å². The van der Waals surface area contributed by atoms with Gasteiger partial charge in [0.2, 0.25) is 0 Å². The smallest absolute Gasteiger partial charge is 0.183 e. The first-order valence-corrected chi connectivity index (χ1v) is 7.28. The first kappa shape index (κ1) is 12.4. The summed E-state index contributed by atoms with van der Waals surface area (Å²) in [5.41, 5.74) is 0.990. The van der Waals surface area contributed by atoms with Gasteiger partial charge in [-0.05, 0) is 30.7 Å². The second-order valence-electron chi connectivity index (χ2n) is 4.18. The number of halogens is 1. The molecule has 0 aliphatic rings. The highest BCUT2D eigenvalue weighted by atomic mass is 35.5. The van der Waals surface area contributed by atoms with Crippen molar-refractivity contribution in [2.45, 2.75) is 13.0 Å². The highest BCUT2D eigenvalue weighted by Crippen LogP contribution is 2.28. The Morgan fingerprint density at radius 1 is 1.37 bits per heavy atom. The molecular formula is C13H13ClN4S. The first-order chi connectivity index (χ1) is 9.31. The van der Waals surface area contributed by atoms with Crippen LogP contribution in [-0.2, 0) is 6.54 Å². The molecule has 0 amide bonds. The van der Waals surface area contributed by atoms with Crippen LogP contribution < -0.4 is 5.32 Å². The number of hydrogen-bond donors (Lipinski definition) is 1. The third-order valence-corrected chi connectivity index (χ3v) is 3.96. The van der Waals surface area contributed by atoms with Gasteiger partial charge in [-0.3, -0.25) is 4.68 Å². The van der Waals surface area contributed by atoms with Crippen molar-refractivity contribution in [1.82, 2.24) is 14.8 Å². The summed E-state index contributed by atoms with van der Waals surface area (Å²) >= 11 is 7.59. The van der Waals surface area contributed by atoms with E-state index in [0.717, 1.165) is 39.9 Å². The van der Waals surface area contributed by atoms with Crippen LogP contribution in [0, 0.1) is 0 Å². The van der Waals surface area contributed by atoms with Crippen LogP contribution in [0.2, 0.25) is 5.02 Å². The Labute approximate surface area is 120 Å². The van der Waals surface area contributed by atoms with Crippen molar-refractivity contribution in [2.75, 3.05) is 11.9 Å². The summed E-state index contributed by atoms with van der Waals surface area (Å²) < 4.78 is 3.04. The summed E-state index contributed by atoms with van der Waals surface area (Å²) in [6.45, 7) is 1.80. The first-order valence-electron chi connectivity index (χ1n) is 6.09. The molecule has 0 radical (unpaired) electrons. The van der Waals surface area contributed by atoms with Gasteiger partial charge < -0.3 is 5.32 Å². The Morgan fingerprint density at radius 2 is 2.32 bits per heavy atom. The number of fused-ring (bicyclic) bond motifs is 1. The van der Waals surface area contributed by atoms with Crippen LogP contribution >= 0.6 is 22.9 Å². The van der Waals surface area contributed by atoms with Gasteiger partial charge in [-0.15, -0.1) is 0 Å². The fourth-order valence-corrected chi connectivity index (χ4v) is 3.01. The molecule has 0 aliphatic heterocycles. The molecule has 2 aromatic heterocycles. The van der Waals surface area contributed by atoms with Gasteiger partial charge in [0.1, 0.15) is 0 Å². The van der Waals surface area contributed by atoms with Gasteiger partial charge in [-0.25, -0.2) is 4.98 Å². The zero-order chi connectivity index (χ0) is 13.1. The highest BCUT2D eigenvalue weighted by Gasteiger charge is 2.03. The maximum absolute atomic E-state index is 5.96. The van der Waals surface area contributed by atoms with E-state index in [9.17, 15) is 0 Å². The van der Waals surface area contributed by atoms with E-state index in [-0.39, 0.29) is 0 Å². The summed E-state index contributed by atoms with van der Waals surface area (Å²) in [6, 6.07) is 7.70. The Hall–Kier alpha value is -1.59. The Morgan fingerprint density at radius 3 is 3.16 bits per heavy atom. The lowest BCUT2D eigenvalue weighted by Crippen LogP contribution is -2.06. The van der Waals surface area contributed by atoms with Crippen LogP contribution in [0.4, 0.5) is 5.13 Å². The molecule has 3 aromatic rings. The summed E-state index contributed by atoms with van der Waals surface area (Å²) in [6.07, 6.45) is 4.78. The van der Waals surface area contributed by atoms with Crippen LogP contribution in [0.1, 0.15) is 6.42 Å². The average molecular weight is 293 g/mol. The summed E-state index contributed by atoms with van der Waals surface area (Å²) in [7, 11) is 0. The maximum atomic E-state index is 5.96. The summed E-state index contributed by atoms with van der Waals surface area (Å²) in [5, 5.41) is 9.20. The number of aromatic nitrogens is 3. The van der Waals surface area contributed by atoms with Crippen LogP contribution in [-0.4, -0.2) is 21.3 Å². The molecule has 0 saturated heterocycles. The SMILES string of the molecule is Clc1ccc2nc(NCCCn3cccn3)sc2c1. The van der Waals surface area contributed by atoms with Crippen LogP contribution in [0.25, 0.3) is 10.2 Å². The minimum absolute atomic E-state index is 0.751. The third-order valence-electron chi connectivity index (χ3n) is 2.75. The molecule has 1 N–H and O–H groups in total. The number of benzene rings is 1. The quantitative estimate of drug-likeness (QED) is 0.730. The minimum Gasteiger partial charge on any atom is -0.361 e. The zero-order valence-electron chi connectivity index (χ0n) is 10.2. The standard InChI is InChI=1S/C13H13ClN4S/c14-10-3-4-11-12(9-10)19-13(17-11)15-5-1-7-18-8-2-6-16-18/h2-4,6,8-9H,1,5,7H2,(H,15,17). The largest absolute Gasteiger partial charge is 0.361 e. The number of thiazole rings is 1. The van der Waals surface area contributed by atoms with E-state index in [2.05, 4.69) is 15.4 Å². The molecule has 98 valence electrons. The van der Waals surface area contributed by atoms with Crippen LogP contribution in [0.15, 0.2) is 36.7 Å². The summed E-state index contributed by atoms with van der Waals surface area (Å²) in [4.78, 5) is 4.51. The molecule has 2 heterocycles. The van der Waals surface area contributed by atoms with Gasteiger partial charge in [0, 0.05) is 30.5 Å². The van der Waals surface area contributed by atoms with Crippen molar-refractivity contribution in [3.8, 4) is 0 Å². The Kier molecular flexibility index (Phi) is 3.66. The van der Waals surface area contributed by atoms with Gasteiger partial charge in [-0.2, -0.15) is 5.10 Å². The predicted octanol–water partition coefficient (Wildman–Crippen LogP) is 3.65. The molecule has 4 nitrogen and oxygen atoms in total. The molecule has 6 heteroatoms. The number of aryl methyl sites for hydroxylation is 1. The fraction of sp³-hybridized carbons (Fsp3) is 0.231. The minimum atomic E-state index is 0.751. The molecule has 0 bridgehead atoms. The van der Waals surface area contributed by atoms with Gasteiger partial charge in [-0.1, -0.05) is 22.9 Å². The summed E-state index contributed by atoms with van der Waals surface area (Å²) in [5.74, 6) is 0. The molecule has 0 aliphatic carbocycles. The van der Waals surface area contributed by atoms with E-state index in [1.54, 1.807) is 17.5 Å². The van der Waals surface area contributed by atoms with E-state index >= 15 is 0 Å². The number of nitrogens with one attached hydrogen (secondary N) is 1. The Bertz CT molecular complexity index is 662. The van der Waals surface area contributed by atoms with E-state index in [1.165, 1.54) is 0 Å². The predicted molar refractivity (Wildman–Crippen MR) is 80.0 cm³/mol. The molecule has 19 heavy (non-hydrogen) atoms. The molecule has 0 unspecified atom stereocenters. The fourth-order valence-electron chi connectivity index (χ4n) is 1.84. The van der Waals surface area contributed by atoms with Crippen LogP contribution in [0.5, 0.6) is 0 Å². The monoisotopic (exact) mass is 292 g/mol. The number of anilines is 1. The average Bonchev–Trinajstić information content (AvgIpc) is 3.02. The van der Waals surface area contributed by atoms with E-state index in [0.29, 0.717) is 0 Å². The topological polar surface area (TPSA) is 42.7 Å². The zero-order valence-corrected chi connectivity index (χ0v) is 11.8. The highest BCUT2D eigenvalue weighted by molar-refractivity contribution is 7.22. The van der Waals surface area contributed by atoms with Gasteiger partial charge in [0.15, 0.2) is 5.13 Å². The molecule has 0 spiro atoms. The van der Waals surface area contributed by atoms with E-state index in [1.807, 2.05) is 35.1 Å². The number of hydrogen-bond acceptors (Lipinski definition) is 4. The van der Waals surface area contributed by atoms with Crippen molar-refractivity contribution in [1.29, 1.82) is 0 Å². The van der Waals surface area contributed by atoms with Crippen molar-refractivity contribution in [2.24, 2.45) is 0 Å². The second-order valence-corrected chi connectivity index (χ2v) is 5.65. The molecule has 0 fully saturated rings. The van der Waals surface area contributed by atoms with Crippen molar-refractivity contribution in [3.63, 3.8) is 0 Å². The maximum Gasteiger partial charge on any atom is 0.183 e. The molecular weight excluding hydrogens is 280 g/mol. The molecule has 3 rings (SSSR count). The lowest BCUT2D eigenvalue weighted by atomic mass is 10.3. The molecule has 0 atom stereocenters. The van der Waals surface area contributed by atoms with Crippen molar-refractivity contribution in [3.05, 3.63) is 41.7 Å². The lowest BCUT2D eigenvalue weighted by molar-refractivity contribution is 0.592. The second kappa shape index (κ2) is 5.59. The molecule has 1 aromatic carbocycles. The number of nitrogens with zero attached hydrogens (tertiary/aromatic N) is 3. The normalized spacial score (nSPS) is 11.0. The van der Waals surface area contributed by atoms with Gasteiger partial charge >= 0.3 is 0 Å². The third kappa shape index (κ3) is 3.05. The van der Waals surface area contributed by atoms with Crippen molar-refractivity contribution >= 4 is 38.3 Å². The van der Waals surface area contributed by atoms with E-state index < -0.39 is 0 Å². The lowest BCUT2D eigenvalue weighted by Gasteiger charge is -2.02. The molecule has 0 saturated carbocycles. The van der Waals surface area contributed by atoms with Gasteiger partial charge in [0.05, 0.1) is 10.2 Å². The van der Waals surface area contributed by atoms with Gasteiger partial charge in [0.25, 0.3) is 0 Å². The number of rotatable bonds is 5.